The predicted octanol–water partition coefficient (Wildman–Crippen LogP) is 0.460. The number of carbonyl (C=O) groups excluding carboxylic acids is 1. The maximum atomic E-state index is 11.3. The molecule has 0 aliphatic rings. The van der Waals surface area contributed by atoms with Crippen LogP contribution in [0.15, 0.2) is 17.6 Å². The van der Waals surface area contributed by atoms with Crippen LogP contribution < -0.4 is 5.32 Å². The maximum absolute atomic E-state index is 11.3. The molecule has 0 radical (unpaired) electrons. The summed E-state index contributed by atoms with van der Waals surface area (Å²) in [6.07, 6.45) is 3.16. The highest BCUT2D eigenvalue weighted by molar-refractivity contribution is 5.91. The molecule has 0 atom stereocenters. The van der Waals surface area contributed by atoms with Gasteiger partial charge in [0.1, 0.15) is 5.69 Å². The summed E-state index contributed by atoms with van der Waals surface area (Å²) in [5, 5.41) is 5.85. The number of carbonyl (C=O) groups is 1. The lowest BCUT2D eigenvalue weighted by atomic mass is 10.4. The van der Waals surface area contributed by atoms with Gasteiger partial charge in [0.25, 0.3) is 5.91 Å². The molecule has 0 bridgehead atoms. The van der Waals surface area contributed by atoms with Gasteiger partial charge in [-0.05, 0) is 5.53 Å². The highest BCUT2D eigenvalue weighted by Crippen LogP contribution is 1.92. The van der Waals surface area contributed by atoms with Crippen molar-refractivity contribution in [3.05, 3.63) is 28.7 Å². The van der Waals surface area contributed by atoms with E-state index in [4.69, 9.17) is 5.53 Å². The van der Waals surface area contributed by atoms with Crippen LogP contribution in [0.25, 0.3) is 10.4 Å². The van der Waals surface area contributed by atoms with E-state index in [1.807, 2.05) is 0 Å². The summed E-state index contributed by atoms with van der Waals surface area (Å²) in [4.78, 5) is 17.7. The van der Waals surface area contributed by atoms with Gasteiger partial charge in [-0.2, -0.15) is 0 Å². The van der Waals surface area contributed by atoms with E-state index in [1.54, 1.807) is 24.1 Å². The van der Waals surface area contributed by atoms with Crippen LogP contribution in [0.4, 0.5) is 0 Å². The number of rotatable bonds is 4. The van der Waals surface area contributed by atoms with E-state index in [2.05, 4.69) is 20.3 Å². The molecule has 7 nitrogen and oxygen atoms in total. The molecule has 14 heavy (non-hydrogen) atoms. The molecule has 0 fully saturated rings. The number of nitrogens with one attached hydrogen (secondary N) is 1. The molecule has 0 saturated carbocycles. The average Bonchev–Trinajstić information content (AvgIpc) is 2.59. The normalized spacial score (nSPS) is 9.21. The van der Waals surface area contributed by atoms with Crippen molar-refractivity contribution in [3.63, 3.8) is 0 Å². The van der Waals surface area contributed by atoms with Crippen molar-refractivity contribution in [2.24, 2.45) is 12.2 Å². The molecule has 1 aromatic rings. The van der Waals surface area contributed by atoms with Crippen LogP contribution in [-0.4, -0.2) is 28.5 Å². The molecule has 0 aliphatic carbocycles. The molecule has 0 spiro atoms. The minimum Gasteiger partial charge on any atom is -0.351 e. The smallest absolute Gasteiger partial charge is 0.271 e. The lowest BCUT2D eigenvalue weighted by Gasteiger charge is -1.98. The van der Waals surface area contributed by atoms with Crippen LogP contribution >= 0.6 is 0 Å². The van der Waals surface area contributed by atoms with Crippen LogP contribution in [0.2, 0.25) is 0 Å². The molecule has 1 rings (SSSR count). The van der Waals surface area contributed by atoms with Gasteiger partial charge in [-0.1, -0.05) is 5.11 Å². The Labute approximate surface area is 80.4 Å². The number of azide groups is 1. The first-order valence-corrected chi connectivity index (χ1v) is 4.01. The first-order valence-electron chi connectivity index (χ1n) is 4.01. The summed E-state index contributed by atoms with van der Waals surface area (Å²) in [5.74, 6) is -0.265. The lowest BCUT2D eigenvalue weighted by Crippen LogP contribution is -2.26. The van der Waals surface area contributed by atoms with E-state index in [0.29, 0.717) is 12.2 Å². The molecule has 0 saturated heterocycles. The van der Waals surface area contributed by atoms with E-state index >= 15 is 0 Å². The molecule has 1 amide bonds. The summed E-state index contributed by atoms with van der Waals surface area (Å²) in [7, 11) is 1.78. The molecular weight excluding hydrogens is 184 g/mol. The fourth-order valence-corrected chi connectivity index (χ4v) is 0.885. The van der Waals surface area contributed by atoms with E-state index in [0.717, 1.165) is 0 Å². The van der Waals surface area contributed by atoms with E-state index in [1.165, 1.54) is 0 Å². The number of hydrogen-bond donors (Lipinski definition) is 1. The fourth-order valence-electron chi connectivity index (χ4n) is 0.885. The van der Waals surface area contributed by atoms with Crippen molar-refractivity contribution >= 4 is 5.91 Å². The van der Waals surface area contributed by atoms with Crippen molar-refractivity contribution < 1.29 is 4.79 Å². The maximum Gasteiger partial charge on any atom is 0.271 e. The number of nitrogens with zero attached hydrogens (tertiary/aromatic N) is 5. The zero-order valence-electron chi connectivity index (χ0n) is 7.71. The molecule has 0 unspecified atom stereocenters. The van der Waals surface area contributed by atoms with Crippen molar-refractivity contribution in [1.82, 2.24) is 14.9 Å². The summed E-state index contributed by atoms with van der Waals surface area (Å²) >= 11 is 0. The number of aromatic nitrogens is 2. The monoisotopic (exact) mass is 194 g/mol. The van der Waals surface area contributed by atoms with Gasteiger partial charge >= 0.3 is 0 Å². The number of amides is 1. The fraction of sp³-hybridized carbons (Fsp3) is 0.429. The second kappa shape index (κ2) is 4.88. The van der Waals surface area contributed by atoms with Crippen molar-refractivity contribution in [1.29, 1.82) is 0 Å². The Morgan fingerprint density at radius 1 is 1.86 bits per heavy atom. The van der Waals surface area contributed by atoms with E-state index in [-0.39, 0.29) is 12.5 Å². The number of aryl methyl sites for hydroxylation is 1. The SMILES string of the molecule is Cn1cnc(C(=O)NCCN=[N+]=[N-])c1. The Bertz CT molecular complexity index is 364. The third kappa shape index (κ3) is 2.80. The summed E-state index contributed by atoms with van der Waals surface area (Å²) < 4.78 is 1.68. The number of hydrogen-bond acceptors (Lipinski definition) is 3. The Morgan fingerprint density at radius 2 is 2.64 bits per heavy atom. The molecule has 0 aliphatic heterocycles. The zero-order valence-corrected chi connectivity index (χ0v) is 7.71. The highest BCUT2D eigenvalue weighted by Gasteiger charge is 2.06. The average molecular weight is 194 g/mol. The molecule has 74 valence electrons. The second-order valence-electron chi connectivity index (χ2n) is 2.63. The standard InChI is InChI=1S/C7H10N6O/c1-13-4-6(10-5-13)7(14)9-2-3-11-12-8/h4-5H,2-3H2,1H3,(H,9,14). The largest absolute Gasteiger partial charge is 0.351 e. The Balaban J connectivity index is 2.39. The molecule has 0 aromatic carbocycles. The molecule has 7 heteroatoms. The van der Waals surface area contributed by atoms with Gasteiger partial charge in [-0.25, -0.2) is 4.98 Å². The zero-order chi connectivity index (χ0) is 10.4. The Hall–Kier alpha value is -2.01. The van der Waals surface area contributed by atoms with Gasteiger partial charge < -0.3 is 9.88 Å². The first kappa shape index (κ1) is 10.1. The van der Waals surface area contributed by atoms with Crippen LogP contribution in [-0.2, 0) is 7.05 Å². The van der Waals surface area contributed by atoms with Crippen LogP contribution in [0, 0.1) is 0 Å². The topological polar surface area (TPSA) is 95.7 Å². The van der Waals surface area contributed by atoms with Crippen LogP contribution in [0.3, 0.4) is 0 Å². The van der Waals surface area contributed by atoms with Crippen molar-refractivity contribution in [2.45, 2.75) is 0 Å². The van der Waals surface area contributed by atoms with E-state index < -0.39 is 0 Å². The molecule has 1 heterocycles. The quantitative estimate of drug-likeness (QED) is 0.326. The molecular formula is C7H10N6O. The minimum atomic E-state index is -0.265. The summed E-state index contributed by atoms with van der Waals surface area (Å²) in [6.45, 7) is 0.564. The van der Waals surface area contributed by atoms with Crippen molar-refractivity contribution in [2.75, 3.05) is 13.1 Å². The van der Waals surface area contributed by atoms with Gasteiger partial charge in [0.15, 0.2) is 0 Å². The first-order chi connectivity index (χ1) is 6.74. The van der Waals surface area contributed by atoms with Gasteiger partial charge in [-0.15, -0.1) is 0 Å². The third-order valence-electron chi connectivity index (χ3n) is 1.50. The minimum absolute atomic E-state index is 0.245. The van der Waals surface area contributed by atoms with Gasteiger partial charge in [0, 0.05) is 31.2 Å². The predicted molar refractivity (Wildman–Crippen MR) is 49.6 cm³/mol. The second-order valence-corrected chi connectivity index (χ2v) is 2.63. The summed E-state index contributed by atoms with van der Waals surface area (Å²) in [5.41, 5.74) is 8.34. The van der Waals surface area contributed by atoms with Gasteiger partial charge in [0.2, 0.25) is 0 Å². The van der Waals surface area contributed by atoms with Crippen LogP contribution in [0.5, 0.6) is 0 Å². The van der Waals surface area contributed by atoms with Crippen LogP contribution in [0.1, 0.15) is 10.5 Å². The number of imidazole rings is 1. The lowest BCUT2D eigenvalue weighted by molar-refractivity contribution is 0.0950. The van der Waals surface area contributed by atoms with Gasteiger partial charge in [-0.3, -0.25) is 4.79 Å². The third-order valence-corrected chi connectivity index (χ3v) is 1.50. The Morgan fingerprint density at radius 3 is 3.21 bits per heavy atom. The van der Waals surface area contributed by atoms with Gasteiger partial charge in [0.05, 0.1) is 6.33 Å². The highest BCUT2D eigenvalue weighted by atomic mass is 16.1. The van der Waals surface area contributed by atoms with Crippen molar-refractivity contribution in [3.8, 4) is 0 Å². The van der Waals surface area contributed by atoms with E-state index in [9.17, 15) is 4.79 Å². The molecule has 1 aromatic heterocycles. The molecule has 1 N–H and O–H groups in total. The Kier molecular flexibility index (Phi) is 3.51. The summed E-state index contributed by atoms with van der Waals surface area (Å²) in [6, 6.07) is 0.